The molecule has 0 spiro atoms. The molecule has 0 saturated heterocycles. The second-order valence-electron chi connectivity index (χ2n) is 8.33. The molecule has 2 heterocycles. The van der Waals surface area contributed by atoms with Crippen molar-refractivity contribution in [3.05, 3.63) is 80.7 Å². The highest BCUT2D eigenvalue weighted by molar-refractivity contribution is 7.10. The summed E-state index contributed by atoms with van der Waals surface area (Å²) in [6.07, 6.45) is 13.1. The van der Waals surface area contributed by atoms with E-state index in [1.165, 1.54) is 63.0 Å². The van der Waals surface area contributed by atoms with Gasteiger partial charge < -0.3 is 4.57 Å². The molecule has 1 fully saturated rings. The van der Waals surface area contributed by atoms with Crippen LogP contribution in [0.25, 0.3) is 22.6 Å². The van der Waals surface area contributed by atoms with Crippen LogP contribution in [0, 0.1) is 13.8 Å². The molecule has 0 atom stereocenters. The van der Waals surface area contributed by atoms with Crippen LogP contribution in [0.3, 0.4) is 0 Å². The lowest BCUT2D eigenvalue weighted by atomic mass is 9.92. The van der Waals surface area contributed by atoms with Crippen molar-refractivity contribution in [1.82, 2.24) is 4.57 Å². The Hall–Kier alpha value is -2.32. The van der Waals surface area contributed by atoms with Crippen molar-refractivity contribution in [3.63, 3.8) is 0 Å². The summed E-state index contributed by atoms with van der Waals surface area (Å²) < 4.78 is 2.52. The summed E-state index contributed by atoms with van der Waals surface area (Å²) in [5.74, 6) is 0. The third-order valence-electron chi connectivity index (χ3n) is 6.03. The smallest absolute Gasteiger partial charge is 0.0488 e. The van der Waals surface area contributed by atoms with E-state index in [1.54, 1.807) is 5.57 Å². The summed E-state index contributed by atoms with van der Waals surface area (Å²) in [6.45, 7) is 10.1. The second-order valence-corrected chi connectivity index (χ2v) is 9.45. The molecule has 1 nitrogen and oxygen atoms in total. The average Bonchev–Trinajstić information content (AvgIpc) is 3.45. The van der Waals surface area contributed by atoms with E-state index in [2.05, 4.69) is 86.2 Å². The van der Waals surface area contributed by atoms with Crippen molar-refractivity contribution in [2.24, 2.45) is 0 Å². The highest BCUT2D eigenvalue weighted by Gasteiger charge is 2.26. The molecule has 1 aliphatic carbocycles. The number of benzene rings is 1. The molecule has 1 saturated carbocycles. The molecular weight excluding hydrogens is 382 g/mol. The maximum absolute atomic E-state index is 2.52. The zero-order valence-corrected chi connectivity index (χ0v) is 19.6. The van der Waals surface area contributed by atoms with Gasteiger partial charge in [-0.05, 0) is 79.8 Å². The van der Waals surface area contributed by atoms with Crippen molar-refractivity contribution in [2.75, 3.05) is 0 Å². The predicted molar refractivity (Wildman–Crippen MR) is 134 cm³/mol. The van der Waals surface area contributed by atoms with E-state index in [4.69, 9.17) is 0 Å². The Labute approximate surface area is 185 Å². The van der Waals surface area contributed by atoms with Crippen LogP contribution in [0.4, 0.5) is 0 Å². The lowest BCUT2D eigenvalue weighted by molar-refractivity contribution is 0.685. The minimum absolute atomic E-state index is 1.07. The van der Waals surface area contributed by atoms with E-state index < -0.39 is 0 Å². The third kappa shape index (κ3) is 4.11. The van der Waals surface area contributed by atoms with E-state index in [9.17, 15) is 0 Å². The Bertz CT molecular complexity index is 1130. The molecule has 3 aromatic rings. The number of hydrogen-bond donors (Lipinski definition) is 0. The Morgan fingerprint density at radius 3 is 2.53 bits per heavy atom. The first kappa shape index (κ1) is 20.9. The summed E-state index contributed by atoms with van der Waals surface area (Å²) in [5.41, 5.74) is 10.0. The van der Waals surface area contributed by atoms with E-state index in [1.807, 2.05) is 11.3 Å². The maximum atomic E-state index is 2.52. The molecule has 1 aliphatic rings. The highest BCUT2D eigenvalue weighted by atomic mass is 32.1. The van der Waals surface area contributed by atoms with Gasteiger partial charge in [-0.3, -0.25) is 0 Å². The van der Waals surface area contributed by atoms with Crippen molar-refractivity contribution < 1.29 is 0 Å². The van der Waals surface area contributed by atoms with Crippen molar-refractivity contribution in [3.8, 4) is 0 Å². The molecular formula is C28H33NS. The number of aryl methyl sites for hydroxylation is 2. The number of aromatic nitrogens is 1. The quantitative estimate of drug-likeness (QED) is 0.324. The fourth-order valence-electron chi connectivity index (χ4n) is 4.39. The lowest BCUT2D eigenvalue weighted by Gasteiger charge is -2.12. The fraction of sp³-hybridized carbons (Fsp3) is 0.357. The van der Waals surface area contributed by atoms with Gasteiger partial charge in [0.15, 0.2) is 0 Å². The molecule has 0 aliphatic heterocycles. The molecule has 0 amide bonds. The number of para-hydroxylation sites is 1. The van der Waals surface area contributed by atoms with Crippen LogP contribution in [-0.4, -0.2) is 4.57 Å². The maximum Gasteiger partial charge on any atom is 0.0488 e. The summed E-state index contributed by atoms with van der Waals surface area (Å²) in [4.78, 5) is 1.39. The lowest BCUT2D eigenvalue weighted by Crippen LogP contribution is -2.00. The van der Waals surface area contributed by atoms with Gasteiger partial charge in [-0.2, -0.15) is 0 Å². The Morgan fingerprint density at radius 2 is 1.87 bits per heavy atom. The van der Waals surface area contributed by atoms with Crippen LogP contribution in [0.1, 0.15) is 67.6 Å². The number of unbranched alkanes of at least 4 members (excludes halogenated alkanes) is 1. The van der Waals surface area contributed by atoms with Crippen molar-refractivity contribution in [2.45, 2.75) is 66.3 Å². The molecule has 2 heteroatoms. The SMILES string of the molecule is CCC/C=C\C(=C/c1ccsc1C)C(=C1CC1)c1c(C)n(CCC)c2ccccc12. The van der Waals surface area contributed by atoms with E-state index in [0.29, 0.717) is 0 Å². The van der Waals surface area contributed by atoms with Gasteiger partial charge in [-0.25, -0.2) is 0 Å². The largest absolute Gasteiger partial charge is 0.344 e. The van der Waals surface area contributed by atoms with Gasteiger partial charge in [0.25, 0.3) is 0 Å². The first-order valence-electron chi connectivity index (χ1n) is 11.4. The van der Waals surface area contributed by atoms with Gasteiger partial charge in [-0.1, -0.05) is 56.2 Å². The van der Waals surface area contributed by atoms with Gasteiger partial charge in [-0.15, -0.1) is 11.3 Å². The first-order valence-corrected chi connectivity index (χ1v) is 12.3. The molecule has 2 aromatic heterocycles. The Morgan fingerprint density at radius 1 is 1.07 bits per heavy atom. The zero-order chi connectivity index (χ0) is 21.1. The molecule has 30 heavy (non-hydrogen) atoms. The number of rotatable bonds is 8. The summed E-state index contributed by atoms with van der Waals surface area (Å²) in [5, 5.41) is 3.60. The fourth-order valence-corrected chi connectivity index (χ4v) is 5.07. The third-order valence-corrected chi connectivity index (χ3v) is 6.89. The van der Waals surface area contributed by atoms with Crippen molar-refractivity contribution >= 4 is 33.9 Å². The van der Waals surface area contributed by atoms with Crippen molar-refractivity contribution in [1.29, 1.82) is 0 Å². The summed E-state index contributed by atoms with van der Waals surface area (Å²) >= 11 is 1.83. The van der Waals surface area contributed by atoms with E-state index >= 15 is 0 Å². The molecule has 0 N–H and O–H groups in total. The van der Waals surface area contributed by atoms with Crippen LogP contribution in [-0.2, 0) is 6.54 Å². The van der Waals surface area contributed by atoms with Crippen LogP contribution >= 0.6 is 11.3 Å². The first-order chi connectivity index (χ1) is 14.7. The van der Waals surface area contributed by atoms with Gasteiger partial charge in [0.2, 0.25) is 0 Å². The molecule has 0 radical (unpaired) electrons. The number of nitrogens with zero attached hydrogens (tertiary/aromatic N) is 1. The Kier molecular flexibility index (Phi) is 6.43. The number of allylic oxidation sites excluding steroid dienone is 5. The standard InChI is InChI=1S/C28H33NS/c1-5-7-8-11-24(19-23-16-18-30-21(23)4)28(22-14-15-22)27-20(3)29(17-6-2)26-13-10-9-12-25(26)27/h8-13,16,18-19H,5-7,14-15,17H2,1-4H3/b11-8-,24-19+. The zero-order valence-electron chi connectivity index (χ0n) is 18.8. The average molecular weight is 416 g/mol. The molecule has 0 bridgehead atoms. The highest BCUT2D eigenvalue weighted by Crippen LogP contribution is 2.45. The second kappa shape index (κ2) is 9.22. The molecule has 0 unspecified atom stereocenters. The Balaban J connectivity index is 1.94. The van der Waals surface area contributed by atoms with Gasteiger partial charge in [0.05, 0.1) is 0 Å². The normalized spacial score (nSPS) is 14.3. The topological polar surface area (TPSA) is 4.93 Å². The predicted octanol–water partition coefficient (Wildman–Crippen LogP) is 8.72. The number of thiophene rings is 1. The summed E-state index contributed by atoms with van der Waals surface area (Å²) in [7, 11) is 0. The van der Waals surface area contributed by atoms with Crippen LogP contribution in [0.2, 0.25) is 0 Å². The molecule has 156 valence electrons. The van der Waals surface area contributed by atoms with E-state index in [-0.39, 0.29) is 0 Å². The van der Waals surface area contributed by atoms with Crippen LogP contribution in [0.15, 0.2) is 59.0 Å². The van der Waals surface area contributed by atoms with Crippen LogP contribution in [0.5, 0.6) is 0 Å². The number of fused-ring (bicyclic) bond motifs is 1. The van der Waals surface area contributed by atoms with Crippen LogP contribution < -0.4 is 0 Å². The monoisotopic (exact) mass is 415 g/mol. The molecule has 1 aromatic carbocycles. The minimum Gasteiger partial charge on any atom is -0.344 e. The van der Waals surface area contributed by atoms with Gasteiger partial charge >= 0.3 is 0 Å². The van der Waals surface area contributed by atoms with E-state index in [0.717, 1.165) is 19.4 Å². The minimum atomic E-state index is 1.07. The van der Waals surface area contributed by atoms with Gasteiger partial charge in [0.1, 0.15) is 0 Å². The number of hydrogen-bond acceptors (Lipinski definition) is 1. The summed E-state index contributed by atoms with van der Waals surface area (Å²) in [6, 6.07) is 11.2. The van der Waals surface area contributed by atoms with Gasteiger partial charge in [0, 0.05) is 33.6 Å². The molecule has 4 rings (SSSR count).